The van der Waals surface area contributed by atoms with Crippen LogP contribution in [0.5, 0.6) is 0 Å². The monoisotopic (exact) mass is 222 g/mol. The first-order valence-corrected chi connectivity index (χ1v) is 4.96. The molecule has 0 radical (unpaired) electrons. The Balaban J connectivity index is 2.21. The molecule has 1 heterocycles. The Bertz CT molecular complexity index is 430. The summed E-state index contributed by atoms with van der Waals surface area (Å²) in [7, 11) is 0. The Hall–Kier alpha value is -1.91. The summed E-state index contributed by atoms with van der Waals surface area (Å²) in [4.78, 5) is 24.2. The van der Waals surface area contributed by atoms with Crippen molar-refractivity contribution in [1.82, 2.24) is 0 Å². The van der Waals surface area contributed by atoms with Gasteiger partial charge >= 0.3 is 0 Å². The molecule has 1 fully saturated rings. The lowest BCUT2D eigenvalue weighted by molar-refractivity contribution is -0.130. The number of primary amides is 1. The molecule has 84 valence electrons. The van der Waals surface area contributed by atoms with Gasteiger partial charge in [0, 0.05) is 12.2 Å². The van der Waals surface area contributed by atoms with Crippen LogP contribution in [0.4, 0.5) is 10.1 Å². The molecule has 1 unspecified atom stereocenters. The first kappa shape index (κ1) is 10.6. The van der Waals surface area contributed by atoms with Gasteiger partial charge in [-0.2, -0.15) is 0 Å². The number of nitrogens with two attached hydrogens (primary N) is 1. The predicted octanol–water partition coefficient (Wildman–Crippen LogP) is 0.664. The lowest BCUT2D eigenvalue weighted by Crippen LogP contribution is -2.33. The lowest BCUT2D eigenvalue weighted by atomic mass is 10.1. The van der Waals surface area contributed by atoms with Crippen LogP contribution in [-0.4, -0.2) is 18.4 Å². The molecule has 1 aliphatic rings. The van der Waals surface area contributed by atoms with Gasteiger partial charge < -0.3 is 10.6 Å². The van der Waals surface area contributed by atoms with E-state index in [9.17, 15) is 14.0 Å². The normalized spacial score (nSPS) is 20.2. The molecule has 1 saturated heterocycles. The quantitative estimate of drug-likeness (QED) is 0.747. The lowest BCUT2D eigenvalue weighted by Gasteiger charge is -2.15. The molecule has 1 aromatic rings. The van der Waals surface area contributed by atoms with Gasteiger partial charge in [0.1, 0.15) is 11.7 Å². The highest BCUT2D eigenvalue weighted by molar-refractivity contribution is 6.09. The number of carbonyl (C=O) groups excluding carboxylic acids is 2. The van der Waals surface area contributed by atoms with E-state index in [1.165, 1.54) is 29.2 Å². The Kier molecular flexibility index (Phi) is 2.60. The van der Waals surface area contributed by atoms with Crippen molar-refractivity contribution in [2.24, 2.45) is 11.7 Å². The van der Waals surface area contributed by atoms with E-state index in [4.69, 9.17) is 5.73 Å². The molecule has 1 atom stereocenters. The van der Waals surface area contributed by atoms with Crippen LogP contribution in [0.3, 0.4) is 0 Å². The van der Waals surface area contributed by atoms with Crippen molar-refractivity contribution in [2.45, 2.75) is 6.42 Å². The van der Waals surface area contributed by atoms with Crippen molar-refractivity contribution in [1.29, 1.82) is 0 Å². The van der Waals surface area contributed by atoms with Crippen LogP contribution in [0.15, 0.2) is 24.3 Å². The van der Waals surface area contributed by atoms with Gasteiger partial charge in [0.15, 0.2) is 0 Å². The zero-order valence-corrected chi connectivity index (χ0v) is 8.52. The molecule has 2 N–H and O–H groups in total. The summed E-state index contributed by atoms with van der Waals surface area (Å²) in [6, 6.07) is 5.58. The van der Waals surface area contributed by atoms with E-state index >= 15 is 0 Å². The Labute approximate surface area is 91.8 Å². The van der Waals surface area contributed by atoms with Crippen molar-refractivity contribution in [2.75, 3.05) is 11.4 Å². The third-order valence-corrected chi connectivity index (χ3v) is 2.69. The SMILES string of the molecule is NC(=O)C1CCN(c2ccc(F)cc2)C1=O. The van der Waals surface area contributed by atoms with E-state index in [-0.39, 0.29) is 11.7 Å². The number of hydrogen-bond acceptors (Lipinski definition) is 2. The van der Waals surface area contributed by atoms with Crippen LogP contribution in [0.1, 0.15) is 6.42 Å². The van der Waals surface area contributed by atoms with E-state index in [0.717, 1.165) is 0 Å². The molecule has 0 spiro atoms. The number of amides is 2. The maximum atomic E-state index is 12.7. The minimum atomic E-state index is -0.745. The molecule has 0 aliphatic carbocycles. The fraction of sp³-hybridized carbons (Fsp3) is 0.273. The molecule has 0 saturated carbocycles. The Morgan fingerprint density at radius 3 is 2.50 bits per heavy atom. The maximum Gasteiger partial charge on any atom is 0.239 e. The van der Waals surface area contributed by atoms with Crippen LogP contribution in [-0.2, 0) is 9.59 Å². The first-order valence-electron chi connectivity index (χ1n) is 4.96. The first-order chi connectivity index (χ1) is 7.59. The summed E-state index contributed by atoms with van der Waals surface area (Å²) >= 11 is 0. The summed E-state index contributed by atoms with van der Waals surface area (Å²) in [6.45, 7) is 0.443. The molecule has 1 aromatic carbocycles. The highest BCUT2D eigenvalue weighted by Gasteiger charge is 2.36. The molecule has 4 nitrogen and oxygen atoms in total. The maximum absolute atomic E-state index is 12.7. The van der Waals surface area contributed by atoms with Gasteiger partial charge in [-0.3, -0.25) is 9.59 Å². The van der Waals surface area contributed by atoms with Gasteiger partial charge in [0.05, 0.1) is 0 Å². The highest BCUT2D eigenvalue weighted by Crippen LogP contribution is 2.24. The summed E-state index contributed by atoms with van der Waals surface area (Å²) in [5.41, 5.74) is 5.70. The van der Waals surface area contributed by atoms with Crippen molar-refractivity contribution in [3.8, 4) is 0 Å². The summed E-state index contributed by atoms with van der Waals surface area (Å²) in [5, 5.41) is 0. The zero-order valence-electron chi connectivity index (χ0n) is 8.52. The molecule has 1 aliphatic heterocycles. The van der Waals surface area contributed by atoms with Crippen LogP contribution in [0, 0.1) is 11.7 Å². The number of carbonyl (C=O) groups is 2. The van der Waals surface area contributed by atoms with Crippen LogP contribution < -0.4 is 10.6 Å². The number of halogens is 1. The van der Waals surface area contributed by atoms with Crippen molar-refractivity contribution >= 4 is 17.5 Å². The van der Waals surface area contributed by atoms with Gasteiger partial charge in [-0.25, -0.2) is 4.39 Å². The number of anilines is 1. The number of benzene rings is 1. The van der Waals surface area contributed by atoms with Gasteiger partial charge in [-0.1, -0.05) is 0 Å². The number of rotatable bonds is 2. The molecule has 2 rings (SSSR count). The smallest absolute Gasteiger partial charge is 0.239 e. The van der Waals surface area contributed by atoms with Gasteiger partial charge in [-0.15, -0.1) is 0 Å². The van der Waals surface area contributed by atoms with E-state index < -0.39 is 11.8 Å². The van der Waals surface area contributed by atoms with E-state index in [0.29, 0.717) is 18.7 Å². The van der Waals surface area contributed by atoms with Gasteiger partial charge in [0.25, 0.3) is 0 Å². The molecule has 5 heteroatoms. The second-order valence-electron chi connectivity index (χ2n) is 3.71. The van der Waals surface area contributed by atoms with E-state index in [1.807, 2.05) is 0 Å². The topological polar surface area (TPSA) is 63.4 Å². The third kappa shape index (κ3) is 1.76. The minimum absolute atomic E-state index is 0.306. The van der Waals surface area contributed by atoms with E-state index in [1.54, 1.807) is 0 Å². The Morgan fingerprint density at radius 2 is 2.00 bits per heavy atom. The second-order valence-corrected chi connectivity index (χ2v) is 3.71. The van der Waals surface area contributed by atoms with Crippen LogP contribution in [0.2, 0.25) is 0 Å². The fourth-order valence-corrected chi connectivity index (χ4v) is 1.82. The summed E-state index contributed by atoms with van der Waals surface area (Å²) < 4.78 is 12.7. The minimum Gasteiger partial charge on any atom is -0.369 e. The molecule has 0 bridgehead atoms. The average molecular weight is 222 g/mol. The fourth-order valence-electron chi connectivity index (χ4n) is 1.82. The predicted molar refractivity (Wildman–Crippen MR) is 56.1 cm³/mol. The summed E-state index contributed by atoms with van der Waals surface area (Å²) in [5.74, 6) is -2.01. The summed E-state index contributed by atoms with van der Waals surface area (Å²) in [6.07, 6.45) is 0.422. The standard InChI is InChI=1S/C11H11FN2O2/c12-7-1-3-8(4-2-7)14-6-5-9(10(13)15)11(14)16/h1-4,9H,5-6H2,(H2,13,15). The molecule has 16 heavy (non-hydrogen) atoms. The number of nitrogens with zero attached hydrogens (tertiary/aromatic N) is 1. The van der Waals surface area contributed by atoms with Crippen LogP contribution >= 0.6 is 0 Å². The number of hydrogen-bond donors (Lipinski definition) is 1. The van der Waals surface area contributed by atoms with Gasteiger partial charge in [0.2, 0.25) is 11.8 Å². The Morgan fingerprint density at radius 1 is 1.38 bits per heavy atom. The molecular formula is C11H11FN2O2. The molecule has 2 amide bonds. The van der Waals surface area contributed by atoms with Crippen molar-refractivity contribution in [3.05, 3.63) is 30.1 Å². The average Bonchev–Trinajstić information content (AvgIpc) is 2.61. The third-order valence-electron chi connectivity index (χ3n) is 2.69. The van der Waals surface area contributed by atoms with E-state index in [2.05, 4.69) is 0 Å². The second kappa shape index (κ2) is 3.92. The highest BCUT2D eigenvalue weighted by atomic mass is 19.1. The van der Waals surface area contributed by atoms with Crippen molar-refractivity contribution in [3.63, 3.8) is 0 Å². The molecular weight excluding hydrogens is 211 g/mol. The van der Waals surface area contributed by atoms with Crippen molar-refractivity contribution < 1.29 is 14.0 Å². The van der Waals surface area contributed by atoms with Gasteiger partial charge in [-0.05, 0) is 30.7 Å². The van der Waals surface area contributed by atoms with Crippen LogP contribution in [0.25, 0.3) is 0 Å². The largest absolute Gasteiger partial charge is 0.369 e. The molecule has 0 aromatic heterocycles. The zero-order chi connectivity index (χ0) is 11.7.